The van der Waals surface area contributed by atoms with Gasteiger partial charge in [-0.1, -0.05) is 80.1 Å². The maximum atomic E-state index is 13.2. The summed E-state index contributed by atoms with van der Waals surface area (Å²) >= 11 is 0. The van der Waals surface area contributed by atoms with E-state index in [2.05, 4.69) is 26.6 Å². The van der Waals surface area contributed by atoms with Gasteiger partial charge in [0, 0.05) is 27.4 Å². The lowest BCUT2D eigenvalue weighted by molar-refractivity contribution is 0.102. The van der Waals surface area contributed by atoms with Crippen LogP contribution in [-0.2, 0) is 0 Å². The van der Waals surface area contributed by atoms with Crippen LogP contribution >= 0.6 is 0 Å². The average Bonchev–Trinajstić information content (AvgIpc) is 3.33. The third-order valence-corrected chi connectivity index (χ3v) is 6.31. The highest BCUT2D eigenvalue weighted by Crippen LogP contribution is 2.44. The van der Waals surface area contributed by atoms with Crippen LogP contribution in [0.5, 0.6) is 5.75 Å². The number of hydrogen-bond acceptors (Lipinski definition) is 4. The van der Waals surface area contributed by atoms with Crippen LogP contribution in [0.15, 0.2) is 107 Å². The van der Waals surface area contributed by atoms with Crippen LogP contribution in [0.3, 0.4) is 0 Å². The molecule has 3 N–H and O–H groups in total. The van der Waals surface area contributed by atoms with Crippen molar-refractivity contribution in [2.45, 2.75) is 20.8 Å². The number of nitrogens with one attached hydrogen (secondary N) is 2. The Bertz CT molecular complexity index is 1790. The minimum Gasteiger partial charge on any atom is -0.505 e. The highest BCUT2D eigenvalue weighted by molar-refractivity contribution is 6.22. The number of H-pyrrole nitrogens is 1. The molecule has 0 bridgehead atoms. The number of aromatic amines is 1. The summed E-state index contributed by atoms with van der Waals surface area (Å²) in [5, 5.41) is 26.6. The van der Waals surface area contributed by atoms with E-state index in [1.54, 1.807) is 18.2 Å². The van der Waals surface area contributed by atoms with Crippen LogP contribution in [0.1, 0.15) is 29.8 Å². The summed E-state index contributed by atoms with van der Waals surface area (Å²) in [7, 11) is 0. The number of benzene rings is 5. The molecule has 6 aromatic rings. The molecule has 1 amide bonds. The lowest BCUT2D eigenvalue weighted by atomic mass is 10.00. The smallest absolute Gasteiger partial charge is 0.259 e. The molecule has 6 rings (SSSR count). The number of phenolic OH excluding ortho intramolecular Hbond substituents is 1. The predicted molar refractivity (Wildman–Crippen MR) is 156 cm³/mol. The molecule has 0 aliphatic carbocycles. The molecule has 1 aromatic heterocycles. The third kappa shape index (κ3) is 4.60. The molecule has 6 nitrogen and oxygen atoms in total. The standard InChI is InChI=1S/C30H22N4O2.C2H6/c1-18-11-14-21(15-12-18)33-34-28-26-19(13-16-23-22-9-5-6-10-25(22)32-27(23)26)17-24(29(28)35)30(36)31-20-7-3-2-4-8-20;1-2/h2-17,32,35H,1H3,(H,31,36);1-2H3. The molecule has 0 saturated heterocycles. The molecular formula is C32H28N4O2. The van der Waals surface area contributed by atoms with Crippen molar-refractivity contribution in [2.24, 2.45) is 10.2 Å². The van der Waals surface area contributed by atoms with Crippen LogP contribution in [0.25, 0.3) is 32.6 Å². The second-order valence-electron chi connectivity index (χ2n) is 8.73. The SMILES string of the molecule is CC.Cc1ccc(N=Nc2c(O)c(C(=O)Nc3ccccc3)cc3ccc4c5ccccc5[nH]c4c23)cc1. The minimum atomic E-state index is -0.427. The fourth-order valence-electron chi connectivity index (χ4n) is 4.49. The number of nitrogens with zero attached hydrogens (tertiary/aromatic N) is 2. The largest absolute Gasteiger partial charge is 0.505 e. The molecule has 1 heterocycles. The summed E-state index contributed by atoms with van der Waals surface area (Å²) in [6.45, 7) is 6.00. The van der Waals surface area contributed by atoms with E-state index in [1.807, 2.05) is 93.6 Å². The molecule has 0 aliphatic heterocycles. The quantitative estimate of drug-likeness (QED) is 0.211. The minimum absolute atomic E-state index is 0.125. The van der Waals surface area contributed by atoms with Crippen LogP contribution in [0, 0.1) is 6.92 Å². The maximum Gasteiger partial charge on any atom is 0.259 e. The number of fused-ring (bicyclic) bond motifs is 5. The van der Waals surface area contributed by atoms with E-state index in [0.29, 0.717) is 16.8 Å². The summed E-state index contributed by atoms with van der Waals surface area (Å²) in [4.78, 5) is 16.7. The van der Waals surface area contributed by atoms with Crippen molar-refractivity contribution >= 4 is 55.5 Å². The highest BCUT2D eigenvalue weighted by Gasteiger charge is 2.21. The Labute approximate surface area is 220 Å². The average molecular weight is 501 g/mol. The zero-order valence-corrected chi connectivity index (χ0v) is 21.5. The van der Waals surface area contributed by atoms with Crippen LogP contribution in [0.2, 0.25) is 0 Å². The number of aromatic nitrogens is 1. The van der Waals surface area contributed by atoms with Crippen LogP contribution in [0.4, 0.5) is 17.1 Å². The monoisotopic (exact) mass is 500 g/mol. The number of carbonyl (C=O) groups excluding carboxylic acids is 1. The van der Waals surface area contributed by atoms with E-state index in [1.165, 1.54) is 0 Å². The number of aromatic hydroxyl groups is 1. The van der Waals surface area contributed by atoms with Crippen molar-refractivity contribution < 1.29 is 9.90 Å². The molecule has 5 aromatic carbocycles. The first-order valence-corrected chi connectivity index (χ1v) is 12.6. The maximum absolute atomic E-state index is 13.2. The Hall–Kier alpha value is -4.97. The van der Waals surface area contributed by atoms with E-state index in [0.717, 1.165) is 32.8 Å². The van der Waals surface area contributed by atoms with Gasteiger partial charge in [-0.3, -0.25) is 4.79 Å². The molecule has 0 spiro atoms. The van der Waals surface area contributed by atoms with Crippen LogP contribution in [-0.4, -0.2) is 16.0 Å². The number of phenols is 1. The van der Waals surface area contributed by atoms with E-state index < -0.39 is 5.91 Å². The first-order chi connectivity index (χ1) is 18.6. The van der Waals surface area contributed by atoms with Gasteiger partial charge in [-0.2, -0.15) is 5.11 Å². The normalized spacial score (nSPS) is 11.1. The predicted octanol–water partition coefficient (Wildman–Crippen LogP) is 9.18. The van der Waals surface area contributed by atoms with Crippen molar-refractivity contribution in [1.82, 2.24) is 4.98 Å². The molecule has 0 fully saturated rings. The fraction of sp³-hybridized carbons (Fsp3) is 0.0938. The van der Waals surface area contributed by atoms with Crippen molar-refractivity contribution in [3.63, 3.8) is 0 Å². The molecule has 0 aliphatic rings. The molecule has 0 unspecified atom stereocenters. The molecule has 6 heteroatoms. The number of anilines is 1. The van der Waals surface area contributed by atoms with Crippen molar-refractivity contribution in [3.05, 3.63) is 108 Å². The number of aryl methyl sites for hydroxylation is 1. The molecule has 188 valence electrons. The van der Waals surface area contributed by atoms with Crippen molar-refractivity contribution in [3.8, 4) is 5.75 Å². The molecule has 0 saturated carbocycles. The Balaban J connectivity index is 0.00000144. The second kappa shape index (κ2) is 10.6. The van der Waals surface area contributed by atoms with Gasteiger partial charge < -0.3 is 15.4 Å². The van der Waals surface area contributed by atoms with Gasteiger partial charge >= 0.3 is 0 Å². The first kappa shape index (κ1) is 24.7. The summed E-state index contributed by atoms with van der Waals surface area (Å²) in [5.74, 6) is -0.651. The Morgan fingerprint density at radius 2 is 1.53 bits per heavy atom. The zero-order valence-electron chi connectivity index (χ0n) is 21.5. The van der Waals surface area contributed by atoms with Gasteiger partial charge in [0.25, 0.3) is 5.91 Å². The van der Waals surface area contributed by atoms with Gasteiger partial charge in [0.15, 0.2) is 5.75 Å². The van der Waals surface area contributed by atoms with Crippen molar-refractivity contribution in [2.75, 3.05) is 5.32 Å². The van der Waals surface area contributed by atoms with Crippen molar-refractivity contribution in [1.29, 1.82) is 0 Å². The Kier molecular flexibility index (Phi) is 6.87. The zero-order chi connectivity index (χ0) is 26.6. The number of amides is 1. The lowest BCUT2D eigenvalue weighted by Crippen LogP contribution is -2.12. The summed E-state index contributed by atoms with van der Waals surface area (Å²) < 4.78 is 0. The van der Waals surface area contributed by atoms with Gasteiger partial charge in [0.2, 0.25) is 0 Å². The third-order valence-electron chi connectivity index (χ3n) is 6.31. The highest BCUT2D eigenvalue weighted by atomic mass is 16.3. The lowest BCUT2D eigenvalue weighted by Gasteiger charge is -2.12. The van der Waals surface area contributed by atoms with Gasteiger partial charge in [-0.25, -0.2) is 0 Å². The number of para-hydroxylation sites is 2. The topological polar surface area (TPSA) is 89.8 Å². The Morgan fingerprint density at radius 3 is 2.29 bits per heavy atom. The van der Waals surface area contributed by atoms with Gasteiger partial charge in [-0.15, -0.1) is 5.11 Å². The second-order valence-corrected chi connectivity index (χ2v) is 8.73. The molecule has 0 radical (unpaired) electrons. The Morgan fingerprint density at radius 1 is 0.816 bits per heavy atom. The van der Waals surface area contributed by atoms with Gasteiger partial charge in [0.1, 0.15) is 5.69 Å². The number of hydrogen-bond donors (Lipinski definition) is 3. The van der Waals surface area contributed by atoms with E-state index in [4.69, 9.17) is 0 Å². The summed E-state index contributed by atoms with van der Waals surface area (Å²) in [6, 6.07) is 30.4. The number of carbonyl (C=O) groups is 1. The molecule has 38 heavy (non-hydrogen) atoms. The fourth-order valence-corrected chi connectivity index (χ4v) is 4.49. The summed E-state index contributed by atoms with van der Waals surface area (Å²) in [6.07, 6.45) is 0. The molecule has 0 atom stereocenters. The molecular weight excluding hydrogens is 472 g/mol. The van der Waals surface area contributed by atoms with Gasteiger partial charge in [0.05, 0.1) is 16.8 Å². The number of azo groups is 1. The van der Waals surface area contributed by atoms with Crippen LogP contribution < -0.4 is 5.32 Å². The van der Waals surface area contributed by atoms with Gasteiger partial charge in [-0.05, 0) is 48.7 Å². The van der Waals surface area contributed by atoms with E-state index in [-0.39, 0.29) is 17.0 Å². The van der Waals surface area contributed by atoms with E-state index in [9.17, 15) is 9.90 Å². The summed E-state index contributed by atoms with van der Waals surface area (Å²) in [5.41, 5.74) is 4.57. The van der Waals surface area contributed by atoms with E-state index >= 15 is 0 Å². The first-order valence-electron chi connectivity index (χ1n) is 12.6. The number of rotatable bonds is 4.